The minimum atomic E-state index is -0.170. The molecule has 0 spiro atoms. The molecule has 0 radical (unpaired) electrons. The Kier molecular flexibility index (Phi) is 5.86. The van der Waals surface area contributed by atoms with Gasteiger partial charge in [-0.05, 0) is 42.3 Å². The number of nitrogens with zero attached hydrogens (tertiary/aromatic N) is 2. The van der Waals surface area contributed by atoms with Gasteiger partial charge in [0.1, 0.15) is 0 Å². The van der Waals surface area contributed by atoms with Crippen LogP contribution < -0.4 is 5.32 Å². The molecule has 1 saturated heterocycles. The van der Waals surface area contributed by atoms with Crippen LogP contribution in [0.1, 0.15) is 31.8 Å². The lowest BCUT2D eigenvalue weighted by atomic mass is 10.1. The average Bonchev–Trinajstić information content (AvgIpc) is 2.72. The summed E-state index contributed by atoms with van der Waals surface area (Å²) in [4.78, 5) is 39.0. The number of hydrogen-bond donors (Lipinski definition) is 1. The molecule has 140 valence electrons. The zero-order valence-electron chi connectivity index (χ0n) is 15.4. The van der Waals surface area contributed by atoms with Crippen molar-refractivity contribution in [1.29, 1.82) is 0 Å². The van der Waals surface area contributed by atoms with Crippen LogP contribution in [0.25, 0.3) is 0 Å². The lowest BCUT2D eigenvalue weighted by molar-refractivity contribution is -0.119. The Morgan fingerprint density at radius 2 is 1.59 bits per heavy atom. The predicted molar refractivity (Wildman–Crippen MR) is 102 cm³/mol. The number of piperazine rings is 1. The van der Waals surface area contributed by atoms with E-state index in [1.807, 2.05) is 31.2 Å². The highest BCUT2D eigenvalue weighted by molar-refractivity contribution is 5.97. The number of hydrogen-bond acceptors (Lipinski definition) is 3. The van der Waals surface area contributed by atoms with E-state index in [-0.39, 0.29) is 11.8 Å². The largest absolute Gasteiger partial charge is 0.348 e. The predicted octanol–water partition coefficient (Wildman–Crippen LogP) is 1.84. The maximum atomic E-state index is 12.5. The maximum Gasteiger partial charge on any atom is 0.253 e. The molecule has 1 heterocycles. The molecular weight excluding hydrogens is 342 g/mol. The summed E-state index contributed by atoms with van der Waals surface area (Å²) in [7, 11) is 0. The molecule has 0 saturated carbocycles. The molecule has 27 heavy (non-hydrogen) atoms. The van der Waals surface area contributed by atoms with Crippen LogP contribution in [0.5, 0.6) is 0 Å². The van der Waals surface area contributed by atoms with Gasteiger partial charge in [0, 0.05) is 43.9 Å². The van der Waals surface area contributed by atoms with Crippen molar-refractivity contribution in [3.63, 3.8) is 0 Å². The topological polar surface area (TPSA) is 69.7 Å². The molecule has 0 atom stereocenters. The molecule has 3 rings (SSSR count). The molecule has 2 aromatic carbocycles. The zero-order chi connectivity index (χ0) is 19.2. The van der Waals surface area contributed by atoms with E-state index in [0.717, 1.165) is 17.5 Å². The van der Waals surface area contributed by atoms with Crippen LogP contribution in [0.2, 0.25) is 0 Å². The van der Waals surface area contributed by atoms with Crippen molar-refractivity contribution >= 4 is 18.2 Å². The van der Waals surface area contributed by atoms with E-state index in [1.54, 1.807) is 34.1 Å². The Balaban J connectivity index is 1.58. The van der Waals surface area contributed by atoms with Crippen molar-refractivity contribution in [1.82, 2.24) is 15.1 Å². The van der Waals surface area contributed by atoms with Gasteiger partial charge < -0.3 is 15.1 Å². The normalized spacial score (nSPS) is 14.0. The Hall–Kier alpha value is -3.15. The number of benzene rings is 2. The SMILES string of the molecule is Cc1ccccc1CNC(=O)c1ccc(C(=O)N2CCN(C=O)CC2)cc1. The van der Waals surface area contributed by atoms with Gasteiger partial charge in [-0.3, -0.25) is 14.4 Å². The van der Waals surface area contributed by atoms with E-state index in [2.05, 4.69) is 5.32 Å². The van der Waals surface area contributed by atoms with E-state index in [0.29, 0.717) is 43.9 Å². The lowest BCUT2D eigenvalue weighted by Crippen LogP contribution is -2.48. The van der Waals surface area contributed by atoms with Gasteiger partial charge in [0.2, 0.25) is 6.41 Å². The van der Waals surface area contributed by atoms with Crippen LogP contribution in [0, 0.1) is 6.92 Å². The van der Waals surface area contributed by atoms with E-state index in [4.69, 9.17) is 0 Å². The van der Waals surface area contributed by atoms with Crippen LogP contribution in [0.3, 0.4) is 0 Å². The number of carbonyl (C=O) groups excluding carboxylic acids is 3. The second-order valence-corrected chi connectivity index (χ2v) is 6.62. The third-order valence-electron chi connectivity index (χ3n) is 4.85. The molecule has 0 unspecified atom stereocenters. The molecule has 2 aromatic rings. The first-order valence-corrected chi connectivity index (χ1v) is 9.00. The highest BCUT2D eigenvalue weighted by atomic mass is 16.2. The van der Waals surface area contributed by atoms with Gasteiger partial charge in [-0.15, -0.1) is 0 Å². The zero-order valence-corrected chi connectivity index (χ0v) is 15.4. The standard InChI is InChI=1S/C21H23N3O3/c1-16-4-2-3-5-19(16)14-22-20(26)17-6-8-18(9-7-17)21(27)24-12-10-23(15-25)11-13-24/h2-9,15H,10-14H2,1H3,(H,22,26). The van der Waals surface area contributed by atoms with E-state index >= 15 is 0 Å². The third kappa shape index (κ3) is 4.53. The highest BCUT2D eigenvalue weighted by Gasteiger charge is 2.21. The molecule has 3 amide bonds. The van der Waals surface area contributed by atoms with Gasteiger partial charge in [-0.2, -0.15) is 0 Å². The number of nitrogens with one attached hydrogen (secondary N) is 1. The maximum absolute atomic E-state index is 12.5. The molecule has 6 nitrogen and oxygen atoms in total. The average molecular weight is 365 g/mol. The first-order valence-electron chi connectivity index (χ1n) is 9.00. The highest BCUT2D eigenvalue weighted by Crippen LogP contribution is 2.11. The number of rotatable bonds is 5. The Morgan fingerprint density at radius 1 is 0.963 bits per heavy atom. The van der Waals surface area contributed by atoms with Gasteiger partial charge in [0.15, 0.2) is 0 Å². The minimum Gasteiger partial charge on any atom is -0.348 e. The van der Waals surface area contributed by atoms with E-state index in [9.17, 15) is 14.4 Å². The quantitative estimate of drug-likeness (QED) is 0.822. The summed E-state index contributed by atoms with van der Waals surface area (Å²) in [5.41, 5.74) is 3.27. The van der Waals surface area contributed by atoms with Gasteiger partial charge in [-0.1, -0.05) is 24.3 Å². The Morgan fingerprint density at radius 3 is 2.22 bits per heavy atom. The summed E-state index contributed by atoms with van der Waals surface area (Å²) in [6.07, 6.45) is 0.812. The first-order chi connectivity index (χ1) is 13.1. The van der Waals surface area contributed by atoms with Crippen LogP contribution in [-0.4, -0.2) is 54.2 Å². The van der Waals surface area contributed by atoms with Crippen LogP contribution in [-0.2, 0) is 11.3 Å². The van der Waals surface area contributed by atoms with Crippen molar-refractivity contribution in [2.24, 2.45) is 0 Å². The van der Waals surface area contributed by atoms with Gasteiger partial charge >= 0.3 is 0 Å². The minimum absolute atomic E-state index is 0.0765. The fourth-order valence-corrected chi connectivity index (χ4v) is 3.06. The smallest absolute Gasteiger partial charge is 0.253 e. The van der Waals surface area contributed by atoms with Crippen LogP contribution >= 0.6 is 0 Å². The molecular formula is C21H23N3O3. The number of aryl methyl sites for hydroxylation is 1. The van der Waals surface area contributed by atoms with Crippen molar-refractivity contribution < 1.29 is 14.4 Å². The summed E-state index contributed by atoms with van der Waals surface area (Å²) in [6.45, 7) is 4.62. The Bertz CT molecular complexity index is 825. The Labute approximate surface area is 158 Å². The van der Waals surface area contributed by atoms with Crippen molar-refractivity contribution in [2.45, 2.75) is 13.5 Å². The summed E-state index contributed by atoms with van der Waals surface area (Å²) >= 11 is 0. The summed E-state index contributed by atoms with van der Waals surface area (Å²) in [5, 5.41) is 2.91. The van der Waals surface area contributed by atoms with Gasteiger partial charge in [0.25, 0.3) is 11.8 Å². The van der Waals surface area contributed by atoms with Crippen LogP contribution in [0.4, 0.5) is 0 Å². The monoisotopic (exact) mass is 365 g/mol. The molecule has 1 aliphatic rings. The second kappa shape index (κ2) is 8.49. The molecule has 1 N–H and O–H groups in total. The van der Waals surface area contributed by atoms with Crippen molar-refractivity contribution in [3.8, 4) is 0 Å². The fourth-order valence-electron chi connectivity index (χ4n) is 3.06. The molecule has 1 aliphatic heterocycles. The molecule has 0 bridgehead atoms. The van der Waals surface area contributed by atoms with Gasteiger partial charge in [0.05, 0.1) is 0 Å². The second-order valence-electron chi connectivity index (χ2n) is 6.62. The summed E-state index contributed by atoms with van der Waals surface area (Å²) in [5.74, 6) is -0.246. The molecule has 6 heteroatoms. The number of carbonyl (C=O) groups is 3. The van der Waals surface area contributed by atoms with Crippen molar-refractivity contribution in [3.05, 3.63) is 70.8 Å². The van der Waals surface area contributed by atoms with E-state index < -0.39 is 0 Å². The first kappa shape index (κ1) is 18.6. The molecule has 1 fully saturated rings. The van der Waals surface area contributed by atoms with Crippen molar-refractivity contribution in [2.75, 3.05) is 26.2 Å². The lowest BCUT2D eigenvalue weighted by Gasteiger charge is -2.32. The summed E-state index contributed by atoms with van der Waals surface area (Å²) < 4.78 is 0. The molecule has 0 aromatic heterocycles. The third-order valence-corrected chi connectivity index (χ3v) is 4.85. The van der Waals surface area contributed by atoms with Gasteiger partial charge in [-0.25, -0.2) is 0 Å². The molecule has 0 aliphatic carbocycles. The fraction of sp³-hybridized carbons (Fsp3) is 0.286. The number of amides is 3. The van der Waals surface area contributed by atoms with E-state index in [1.165, 1.54) is 0 Å². The van der Waals surface area contributed by atoms with Crippen LogP contribution in [0.15, 0.2) is 48.5 Å². The summed E-state index contributed by atoms with van der Waals surface area (Å²) in [6, 6.07) is 14.6.